The molecule has 3 amide bonds. The minimum absolute atomic E-state index is 0.0160. The van der Waals surface area contributed by atoms with E-state index in [0.717, 1.165) is 73.9 Å². The Hall–Kier alpha value is -6.96. The monoisotopic (exact) mass is 1440 g/mol. The van der Waals surface area contributed by atoms with Crippen LogP contribution < -0.4 is 46.1 Å². The standard InChI is InChI=1S/3C23H23Cl2FN2O4/c3*24-14-1-6-21-13(7-14)8-22(32-21)23(30)28-16-3-2-15(9-16)27-11-17(29)12-31-18-4-5-19(25)20(26)10-18/h3*1,4-8,10,15-17,27,29H,2-3,9,11-12H2,(H,28,30)/t15-,16?,17+;15-,16-,17+;15-,16-,17-/m001/s1. The molecule has 12 rings (SSSR count). The highest BCUT2D eigenvalue weighted by Crippen LogP contribution is 2.30. The molecule has 3 aliphatic rings. The van der Waals surface area contributed by atoms with Gasteiger partial charge in [0.25, 0.3) is 17.7 Å². The molecule has 0 spiro atoms. The molecule has 510 valence electrons. The summed E-state index contributed by atoms with van der Waals surface area (Å²) in [5.74, 6) is -0.788. The Morgan fingerprint density at radius 3 is 0.938 bits per heavy atom. The van der Waals surface area contributed by atoms with Gasteiger partial charge in [-0.1, -0.05) is 69.6 Å². The zero-order valence-corrected chi connectivity index (χ0v) is 55.9. The Morgan fingerprint density at radius 2 is 0.667 bits per heavy atom. The second-order valence-corrected chi connectivity index (χ2v) is 26.3. The van der Waals surface area contributed by atoms with E-state index in [1.54, 1.807) is 91.0 Å². The quantitative estimate of drug-likeness (QED) is 0.0273. The van der Waals surface area contributed by atoms with Crippen LogP contribution in [0.1, 0.15) is 89.5 Å². The van der Waals surface area contributed by atoms with Crippen LogP contribution in [-0.2, 0) is 0 Å². The van der Waals surface area contributed by atoms with Gasteiger partial charge in [-0.25, -0.2) is 13.2 Å². The van der Waals surface area contributed by atoms with Gasteiger partial charge in [0.2, 0.25) is 0 Å². The lowest BCUT2D eigenvalue weighted by atomic mass is 10.2. The Morgan fingerprint density at radius 1 is 0.396 bits per heavy atom. The molecule has 18 nitrogen and oxygen atoms in total. The van der Waals surface area contributed by atoms with E-state index in [4.69, 9.17) is 97.1 Å². The number of hydrogen-bond acceptors (Lipinski definition) is 15. The topological polar surface area (TPSA) is 251 Å². The lowest BCUT2D eigenvalue weighted by molar-refractivity contribution is 0.0902. The number of rotatable bonds is 24. The third kappa shape index (κ3) is 20.8. The molecule has 1 unspecified atom stereocenters. The largest absolute Gasteiger partial charge is 0.491 e. The fourth-order valence-corrected chi connectivity index (χ4v) is 12.3. The second kappa shape index (κ2) is 34.0. The van der Waals surface area contributed by atoms with Crippen molar-refractivity contribution in [2.75, 3.05) is 39.5 Å². The van der Waals surface area contributed by atoms with Crippen LogP contribution in [0.4, 0.5) is 13.2 Å². The Bertz CT molecular complexity index is 3730. The third-order valence-electron chi connectivity index (χ3n) is 16.3. The molecule has 0 aliphatic heterocycles. The maximum absolute atomic E-state index is 13.4. The maximum atomic E-state index is 13.4. The molecule has 3 saturated carbocycles. The normalized spacial score (nSPS) is 19.2. The van der Waals surface area contributed by atoms with Gasteiger partial charge in [0.05, 0.1) is 15.1 Å². The molecule has 0 bridgehead atoms. The third-order valence-corrected chi connectivity index (χ3v) is 18.0. The molecule has 27 heteroatoms. The molecule has 9 N–H and O–H groups in total. The van der Waals surface area contributed by atoms with Crippen LogP contribution in [0, 0.1) is 17.5 Å². The average Bonchev–Trinajstić information content (AvgIpc) is 1.75. The highest BCUT2D eigenvalue weighted by Gasteiger charge is 2.31. The molecule has 0 radical (unpaired) electrons. The minimum Gasteiger partial charge on any atom is -0.491 e. The Balaban J connectivity index is 0.000000157. The fourth-order valence-electron chi connectivity index (χ4n) is 11.4. The summed E-state index contributed by atoms with van der Waals surface area (Å²) < 4.78 is 73.4. The molecule has 9 aromatic rings. The first-order valence-corrected chi connectivity index (χ1v) is 33.4. The predicted octanol–water partition coefficient (Wildman–Crippen LogP) is 13.7. The van der Waals surface area contributed by atoms with Crippen molar-refractivity contribution in [3.05, 3.63) is 192 Å². The Labute approximate surface area is 580 Å². The minimum atomic E-state index is -0.759. The number of halogens is 9. The van der Waals surface area contributed by atoms with Gasteiger partial charge in [0, 0.05) is 105 Å². The van der Waals surface area contributed by atoms with Crippen molar-refractivity contribution in [3.63, 3.8) is 0 Å². The van der Waals surface area contributed by atoms with Crippen molar-refractivity contribution in [2.24, 2.45) is 0 Å². The summed E-state index contributed by atoms with van der Waals surface area (Å²) in [6, 6.07) is 33.6. The van der Waals surface area contributed by atoms with Crippen molar-refractivity contribution in [1.82, 2.24) is 31.9 Å². The molecule has 6 aromatic carbocycles. The smallest absolute Gasteiger partial charge is 0.287 e. The number of carbonyl (C=O) groups excluding carboxylic acids is 3. The van der Waals surface area contributed by atoms with Crippen LogP contribution in [0.15, 0.2) is 141 Å². The summed E-state index contributed by atoms with van der Waals surface area (Å²) in [5, 5.41) is 53.5. The number of ether oxygens (including phenoxy) is 3. The number of benzene rings is 6. The summed E-state index contributed by atoms with van der Waals surface area (Å²) in [5.41, 5.74) is 1.84. The van der Waals surface area contributed by atoms with Gasteiger partial charge in [-0.3, -0.25) is 14.4 Å². The van der Waals surface area contributed by atoms with Gasteiger partial charge >= 0.3 is 0 Å². The van der Waals surface area contributed by atoms with E-state index >= 15 is 0 Å². The molecular weight excluding hydrogens is 1370 g/mol. The molecule has 0 saturated heterocycles. The summed E-state index contributed by atoms with van der Waals surface area (Å²) in [7, 11) is 0. The number of fused-ring (bicyclic) bond motifs is 3. The van der Waals surface area contributed by atoms with Crippen LogP contribution in [0.2, 0.25) is 30.1 Å². The molecule has 3 aliphatic carbocycles. The first-order valence-electron chi connectivity index (χ1n) is 31.1. The van der Waals surface area contributed by atoms with Crippen LogP contribution >= 0.6 is 69.6 Å². The van der Waals surface area contributed by atoms with Gasteiger partial charge < -0.3 is 74.7 Å². The van der Waals surface area contributed by atoms with Crippen LogP contribution in [0.5, 0.6) is 17.2 Å². The van der Waals surface area contributed by atoms with E-state index in [0.29, 0.717) is 68.7 Å². The number of amides is 3. The van der Waals surface area contributed by atoms with Crippen molar-refractivity contribution in [2.45, 2.75) is 112 Å². The summed E-state index contributed by atoms with van der Waals surface area (Å²) in [4.78, 5) is 37.6. The summed E-state index contributed by atoms with van der Waals surface area (Å²) in [6.45, 7) is 1.05. The van der Waals surface area contributed by atoms with Crippen LogP contribution in [0.25, 0.3) is 32.9 Å². The van der Waals surface area contributed by atoms with Crippen molar-refractivity contribution < 1.29 is 70.3 Å². The van der Waals surface area contributed by atoms with Gasteiger partial charge in [-0.05, 0) is 167 Å². The average molecular weight is 1440 g/mol. The van der Waals surface area contributed by atoms with Gasteiger partial charge in [0.15, 0.2) is 17.3 Å². The van der Waals surface area contributed by atoms with Crippen LogP contribution in [-0.4, -0.2) is 127 Å². The first kappa shape index (κ1) is 71.8. The van der Waals surface area contributed by atoms with E-state index in [2.05, 4.69) is 31.9 Å². The van der Waals surface area contributed by atoms with Crippen LogP contribution in [0.3, 0.4) is 0 Å². The number of aliphatic hydroxyl groups excluding tert-OH is 3. The maximum Gasteiger partial charge on any atom is 0.287 e. The number of aliphatic hydroxyl groups is 3. The second-order valence-electron chi connectivity index (χ2n) is 23.8. The Kier molecular flexibility index (Phi) is 25.4. The van der Waals surface area contributed by atoms with E-state index in [9.17, 15) is 42.9 Å². The van der Waals surface area contributed by atoms with Gasteiger partial charge in [0.1, 0.15) is 89.6 Å². The van der Waals surface area contributed by atoms with E-state index in [1.807, 2.05) is 0 Å². The van der Waals surface area contributed by atoms with Gasteiger partial charge in [-0.2, -0.15) is 0 Å². The number of carbonyl (C=O) groups is 3. The number of nitrogens with one attached hydrogen (secondary N) is 6. The molecule has 3 aromatic heterocycles. The zero-order chi connectivity index (χ0) is 68.0. The molecule has 3 fully saturated rings. The summed E-state index contributed by atoms with van der Waals surface area (Å²) in [6.07, 6.45) is 5.04. The van der Waals surface area contributed by atoms with Crippen molar-refractivity contribution in [3.8, 4) is 17.2 Å². The molecule has 3 heterocycles. The highest BCUT2D eigenvalue weighted by atomic mass is 35.5. The van der Waals surface area contributed by atoms with E-state index in [1.165, 1.54) is 36.4 Å². The number of furan rings is 3. The fraction of sp³-hybridized carbons (Fsp3) is 0.348. The van der Waals surface area contributed by atoms with E-state index in [-0.39, 0.29) is 106 Å². The molecular formula is C69H69Cl6F3N6O12. The predicted molar refractivity (Wildman–Crippen MR) is 363 cm³/mol. The lowest BCUT2D eigenvalue weighted by Crippen LogP contribution is -2.39. The van der Waals surface area contributed by atoms with Crippen molar-refractivity contribution >= 4 is 120 Å². The number of hydrogen-bond donors (Lipinski definition) is 9. The lowest BCUT2D eigenvalue weighted by Gasteiger charge is -2.17. The zero-order valence-electron chi connectivity index (χ0n) is 51.3. The van der Waals surface area contributed by atoms with Gasteiger partial charge in [-0.15, -0.1) is 0 Å². The highest BCUT2D eigenvalue weighted by molar-refractivity contribution is 6.32. The molecule has 9 atom stereocenters. The van der Waals surface area contributed by atoms with Crippen molar-refractivity contribution in [1.29, 1.82) is 0 Å². The van der Waals surface area contributed by atoms with E-state index < -0.39 is 35.8 Å². The summed E-state index contributed by atoms with van der Waals surface area (Å²) >= 11 is 34.9. The molecule has 96 heavy (non-hydrogen) atoms. The first-order chi connectivity index (χ1) is 46.1. The SMILES string of the molecule is O=C(NC1CC[C@H](NC[C@@H](O)COc2ccc(Cl)c(F)c2)C1)c1cc2cc(Cl)ccc2o1.O=C(N[C@@H]1CC[C@@H](NC[C@@H](O)COc2ccc(Cl)c(F)c2)C1)c1cc2cc(Cl)ccc2o1.O=C(N[C@H]1CC[C@H](NC[C@@H](O)COc2ccc(Cl)c(F)c2)C1)c1cc2cc(Cl)ccc2o1.